The summed E-state index contributed by atoms with van der Waals surface area (Å²) in [6, 6.07) is 20.9. The van der Waals surface area contributed by atoms with Crippen LogP contribution in [0.15, 0.2) is 60.7 Å². The Morgan fingerprint density at radius 3 is 2.25 bits per heavy atom. The molecule has 4 N–H and O–H groups in total. The molecule has 0 bridgehead atoms. The second-order valence-electron chi connectivity index (χ2n) is 10.6. The normalized spacial score (nSPS) is 19.9. The van der Waals surface area contributed by atoms with Crippen LogP contribution in [0.2, 0.25) is 0 Å². The maximum Gasteiger partial charge on any atom is 0.239 e. The zero-order valence-electron chi connectivity index (χ0n) is 22.2. The van der Waals surface area contributed by atoms with E-state index in [0.29, 0.717) is 19.5 Å². The number of aliphatic hydroxyl groups is 1. The van der Waals surface area contributed by atoms with Crippen molar-refractivity contribution < 1.29 is 14.6 Å². The summed E-state index contributed by atoms with van der Waals surface area (Å²) in [5.41, 5.74) is 2.00. The number of amides is 1. The zero-order valence-corrected chi connectivity index (χ0v) is 22.2. The smallest absolute Gasteiger partial charge is 0.239 e. The molecule has 0 aliphatic carbocycles. The van der Waals surface area contributed by atoms with Gasteiger partial charge in [-0.2, -0.15) is 0 Å². The minimum atomic E-state index is -1.02. The van der Waals surface area contributed by atoms with Crippen molar-refractivity contribution in [3.63, 3.8) is 0 Å². The van der Waals surface area contributed by atoms with Gasteiger partial charge < -0.3 is 25.4 Å². The first-order valence-electron chi connectivity index (χ1n) is 13.2. The highest BCUT2D eigenvalue weighted by Crippen LogP contribution is 2.27. The molecule has 198 valence electrons. The average molecular weight is 497 g/mol. The third-order valence-electron chi connectivity index (χ3n) is 6.51. The van der Waals surface area contributed by atoms with E-state index >= 15 is 0 Å². The Kier molecular flexibility index (Phi) is 10.9. The van der Waals surface area contributed by atoms with Gasteiger partial charge in [0.25, 0.3) is 0 Å². The topological polar surface area (TPSA) is 85.9 Å². The molecule has 36 heavy (non-hydrogen) atoms. The number of nitrogens with zero attached hydrogens (tertiary/aromatic N) is 1. The number of rotatable bonds is 12. The maximum atomic E-state index is 13.8. The lowest BCUT2D eigenvalue weighted by Crippen LogP contribution is -2.48. The van der Waals surface area contributed by atoms with Crippen LogP contribution in [0.1, 0.15) is 57.1 Å². The highest BCUT2D eigenvalue weighted by atomic mass is 16.6. The second kappa shape index (κ2) is 13.9. The number of carbonyl (C=O) groups excluding carboxylic acids is 1. The van der Waals surface area contributed by atoms with Crippen LogP contribution in [0.5, 0.6) is 0 Å². The Bertz CT molecular complexity index is 864. The molecule has 1 saturated heterocycles. The quantitative estimate of drug-likeness (QED) is 0.267. The minimum absolute atomic E-state index is 0.115. The number of hydrogen-bond donors (Lipinski definition) is 4. The van der Waals surface area contributed by atoms with Gasteiger partial charge >= 0.3 is 0 Å². The number of benzene rings is 2. The van der Waals surface area contributed by atoms with Crippen molar-refractivity contribution in [1.29, 1.82) is 0 Å². The van der Waals surface area contributed by atoms with Gasteiger partial charge in [0.2, 0.25) is 12.3 Å². The van der Waals surface area contributed by atoms with E-state index in [1.54, 1.807) is 0 Å². The highest BCUT2D eigenvalue weighted by molar-refractivity contribution is 5.82. The fourth-order valence-corrected chi connectivity index (χ4v) is 4.78. The summed E-state index contributed by atoms with van der Waals surface area (Å²) >= 11 is 0. The van der Waals surface area contributed by atoms with Crippen LogP contribution in [0.25, 0.3) is 0 Å². The number of hydrogen-bond acceptors (Lipinski definition) is 6. The van der Waals surface area contributed by atoms with Crippen LogP contribution >= 0.6 is 0 Å². The van der Waals surface area contributed by atoms with E-state index in [9.17, 15) is 9.90 Å². The maximum absolute atomic E-state index is 13.8. The Morgan fingerprint density at radius 1 is 1.08 bits per heavy atom. The lowest BCUT2D eigenvalue weighted by Gasteiger charge is -2.29. The molecule has 7 heteroatoms. The third kappa shape index (κ3) is 8.98. The monoisotopic (exact) mass is 496 g/mol. The summed E-state index contributed by atoms with van der Waals surface area (Å²) in [6.07, 6.45) is 1.31. The van der Waals surface area contributed by atoms with E-state index in [-0.39, 0.29) is 23.9 Å². The molecule has 3 atom stereocenters. The summed E-state index contributed by atoms with van der Waals surface area (Å²) in [5.74, 6) is 0.265. The number of likely N-dealkylation sites (N-methyl/N-ethyl adjacent to an activating group) is 1. The van der Waals surface area contributed by atoms with E-state index in [2.05, 4.69) is 64.5 Å². The van der Waals surface area contributed by atoms with Crippen molar-refractivity contribution in [1.82, 2.24) is 20.9 Å². The molecule has 0 saturated carbocycles. The first-order valence-corrected chi connectivity index (χ1v) is 13.2. The zero-order chi connectivity index (χ0) is 26.0. The largest absolute Gasteiger partial charge is 0.356 e. The molecule has 7 nitrogen and oxygen atoms in total. The van der Waals surface area contributed by atoms with Crippen molar-refractivity contribution >= 4 is 5.91 Å². The number of nitrogens with one attached hydrogen (secondary N) is 3. The summed E-state index contributed by atoms with van der Waals surface area (Å²) in [7, 11) is 1.95. The van der Waals surface area contributed by atoms with Crippen LogP contribution in [-0.4, -0.2) is 73.2 Å². The van der Waals surface area contributed by atoms with Crippen LogP contribution in [0.3, 0.4) is 0 Å². The van der Waals surface area contributed by atoms with E-state index < -0.39 is 12.0 Å². The molecule has 3 unspecified atom stereocenters. The molecule has 2 aromatic rings. The molecular weight excluding hydrogens is 452 g/mol. The van der Waals surface area contributed by atoms with Gasteiger partial charge in [0.15, 0.2) is 0 Å². The van der Waals surface area contributed by atoms with E-state index in [4.69, 9.17) is 4.74 Å². The van der Waals surface area contributed by atoms with Crippen molar-refractivity contribution in [3.05, 3.63) is 71.8 Å². The molecule has 2 aromatic carbocycles. The van der Waals surface area contributed by atoms with Crippen LogP contribution in [0.4, 0.5) is 0 Å². The van der Waals surface area contributed by atoms with Crippen molar-refractivity contribution in [3.8, 4) is 0 Å². The fourth-order valence-electron chi connectivity index (χ4n) is 4.78. The Balaban J connectivity index is 1.69. The SMILES string of the molecule is CNCC1CCN(CC(c2ccccc2)c2ccccc2)C(=O)C(CCCNC(O)OC(C)(C)C)N1. The molecule has 1 amide bonds. The molecule has 0 radical (unpaired) electrons. The second-order valence-corrected chi connectivity index (χ2v) is 10.6. The highest BCUT2D eigenvalue weighted by Gasteiger charge is 2.32. The summed E-state index contributed by atoms with van der Waals surface area (Å²) < 4.78 is 5.51. The van der Waals surface area contributed by atoms with Gasteiger partial charge in [-0.1, -0.05) is 60.7 Å². The number of ether oxygens (including phenoxy) is 1. The van der Waals surface area contributed by atoms with Gasteiger partial charge in [0, 0.05) is 31.6 Å². The van der Waals surface area contributed by atoms with Crippen molar-refractivity contribution in [2.45, 2.75) is 70.1 Å². The molecule has 0 aromatic heterocycles. The Labute approximate surface area is 216 Å². The standard InChI is InChI=1S/C29H44N4O3/c1-29(2,3)36-28(35)31-18-11-16-26-27(34)33(19-17-24(32-26)20-30-4)21-25(22-12-7-5-8-13-22)23-14-9-6-10-15-23/h5-10,12-15,24-26,28,30-32,35H,11,16-21H2,1-4H3. The predicted octanol–water partition coefficient (Wildman–Crippen LogP) is 3.06. The van der Waals surface area contributed by atoms with Crippen molar-refractivity contribution in [2.24, 2.45) is 0 Å². The van der Waals surface area contributed by atoms with Gasteiger partial charge in [0.05, 0.1) is 11.6 Å². The Morgan fingerprint density at radius 2 is 1.69 bits per heavy atom. The summed E-state index contributed by atoms with van der Waals surface area (Å²) in [6.45, 7) is 8.46. The third-order valence-corrected chi connectivity index (χ3v) is 6.51. The van der Waals surface area contributed by atoms with Gasteiger partial charge in [-0.15, -0.1) is 0 Å². The lowest BCUT2D eigenvalue weighted by atomic mass is 9.90. The summed E-state index contributed by atoms with van der Waals surface area (Å²) in [5, 5.41) is 19.9. The molecule has 0 spiro atoms. The van der Waals surface area contributed by atoms with Crippen LogP contribution in [-0.2, 0) is 9.53 Å². The van der Waals surface area contributed by atoms with Crippen molar-refractivity contribution in [2.75, 3.05) is 33.2 Å². The van der Waals surface area contributed by atoms with Crippen LogP contribution < -0.4 is 16.0 Å². The van der Waals surface area contributed by atoms with Gasteiger partial charge in [-0.05, 0) is 64.8 Å². The van der Waals surface area contributed by atoms with Crippen LogP contribution in [0, 0.1) is 0 Å². The Hall–Kier alpha value is -2.29. The fraction of sp³-hybridized carbons (Fsp3) is 0.552. The van der Waals surface area contributed by atoms with Gasteiger partial charge in [-0.3, -0.25) is 10.1 Å². The molecule has 3 rings (SSSR count). The molecule has 1 aliphatic heterocycles. The predicted molar refractivity (Wildman–Crippen MR) is 145 cm³/mol. The summed E-state index contributed by atoms with van der Waals surface area (Å²) in [4.78, 5) is 15.8. The van der Waals surface area contributed by atoms with Gasteiger partial charge in [-0.25, -0.2) is 0 Å². The van der Waals surface area contributed by atoms with E-state index in [1.807, 2.05) is 44.9 Å². The van der Waals surface area contributed by atoms with Gasteiger partial charge in [0.1, 0.15) is 0 Å². The molecule has 1 heterocycles. The van der Waals surface area contributed by atoms with E-state index in [0.717, 1.165) is 25.9 Å². The molecule has 1 fully saturated rings. The average Bonchev–Trinajstić information content (AvgIpc) is 2.99. The van der Waals surface area contributed by atoms with E-state index in [1.165, 1.54) is 11.1 Å². The lowest BCUT2D eigenvalue weighted by molar-refractivity contribution is -0.181. The first-order chi connectivity index (χ1) is 17.3. The number of aliphatic hydroxyl groups excluding tert-OH is 1. The minimum Gasteiger partial charge on any atom is -0.356 e. The molecule has 1 aliphatic rings. The molecular formula is C29H44N4O3. The number of carbonyl (C=O) groups is 1. The first kappa shape index (κ1) is 28.3.